The number of carbonyl (C=O) groups is 1. The fraction of sp³-hybridized carbons (Fsp3) is 0.833. The molecule has 1 N–H and O–H groups in total. The first-order valence-corrected chi connectivity index (χ1v) is 5.93. The van der Waals surface area contributed by atoms with E-state index in [4.69, 9.17) is 5.26 Å². The molecule has 1 saturated heterocycles. The van der Waals surface area contributed by atoms with Gasteiger partial charge in [0.1, 0.15) is 0 Å². The minimum atomic E-state index is -0.340. The molecule has 0 aromatic carbocycles. The summed E-state index contributed by atoms with van der Waals surface area (Å²) >= 11 is 0. The van der Waals surface area contributed by atoms with Crippen LogP contribution in [0.2, 0.25) is 0 Å². The summed E-state index contributed by atoms with van der Waals surface area (Å²) in [7, 11) is 0. The first-order chi connectivity index (χ1) is 7.50. The van der Waals surface area contributed by atoms with Gasteiger partial charge in [-0.2, -0.15) is 5.26 Å². The molecule has 1 aliphatic heterocycles. The highest BCUT2D eigenvalue weighted by Gasteiger charge is 2.28. The molecule has 1 heterocycles. The summed E-state index contributed by atoms with van der Waals surface area (Å²) in [6, 6.07) is 2.24. The number of carbonyl (C=O) groups excluding carboxylic acids is 1. The van der Waals surface area contributed by atoms with Crippen molar-refractivity contribution in [3.63, 3.8) is 0 Å². The maximum Gasteiger partial charge on any atom is 0.239 e. The lowest BCUT2D eigenvalue weighted by Crippen LogP contribution is -2.55. The maximum atomic E-state index is 11.9. The van der Waals surface area contributed by atoms with E-state index in [9.17, 15) is 4.79 Å². The highest BCUT2D eigenvalue weighted by Crippen LogP contribution is 2.19. The van der Waals surface area contributed by atoms with Crippen LogP contribution in [0.3, 0.4) is 0 Å². The number of nitrogens with zero attached hydrogens (tertiary/aromatic N) is 2. The molecule has 0 saturated carbocycles. The Kier molecular flexibility index (Phi) is 4.31. The molecule has 1 aliphatic rings. The van der Waals surface area contributed by atoms with Crippen molar-refractivity contribution in [3.8, 4) is 6.07 Å². The van der Waals surface area contributed by atoms with Crippen LogP contribution in [0.1, 0.15) is 33.6 Å². The zero-order valence-corrected chi connectivity index (χ0v) is 10.4. The van der Waals surface area contributed by atoms with Crippen LogP contribution in [0.5, 0.6) is 0 Å². The number of piperazine rings is 1. The number of amides is 1. The second-order valence-electron chi connectivity index (χ2n) is 4.99. The topological polar surface area (TPSA) is 56.1 Å². The molecule has 1 atom stereocenters. The van der Waals surface area contributed by atoms with Crippen molar-refractivity contribution in [3.05, 3.63) is 0 Å². The summed E-state index contributed by atoms with van der Waals surface area (Å²) in [5.41, 5.74) is -0.340. The molecule has 1 fully saturated rings. The van der Waals surface area contributed by atoms with Crippen LogP contribution in [0, 0.1) is 16.7 Å². The van der Waals surface area contributed by atoms with Gasteiger partial charge in [-0.25, -0.2) is 0 Å². The molecule has 0 bridgehead atoms. The SMILES string of the molecule is CCC1NCCN(CCC(C)(C)C#N)C1=O. The largest absolute Gasteiger partial charge is 0.340 e. The molecule has 90 valence electrons. The van der Waals surface area contributed by atoms with E-state index >= 15 is 0 Å². The standard InChI is InChI=1S/C12H21N3O/c1-4-10-11(16)15(8-6-14-10)7-5-12(2,3)9-13/h10,14H,4-8H2,1-3H3. The molecule has 0 aliphatic carbocycles. The third kappa shape index (κ3) is 3.21. The van der Waals surface area contributed by atoms with E-state index in [0.29, 0.717) is 6.54 Å². The quantitative estimate of drug-likeness (QED) is 0.777. The van der Waals surface area contributed by atoms with E-state index in [2.05, 4.69) is 11.4 Å². The molecule has 0 aromatic rings. The first kappa shape index (κ1) is 13.0. The van der Waals surface area contributed by atoms with E-state index < -0.39 is 0 Å². The van der Waals surface area contributed by atoms with Crippen LogP contribution in [0.4, 0.5) is 0 Å². The van der Waals surface area contributed by atoms with E-state index in [0.717, 1.165) is 25.9 Å². The van der Waals surface area contributed by atoms with Gasteiger partial charge in [0.05, 0.1) is 17.5 Å². The van der Waals surface area contributed by atoms with Crippen LogP contribution in [-0.2, 0) is 4.79 Å². The van der Waals surface area contributed by atoms with Gasteiger partial charge >= 0.3 is 0 Å². The summed E-state index contributed by atoms with van der Waals surface area (Å²) < 4.78 is 0. The van der Waals surface area contributed by atoms with Crippen LogP contribution in [0.25, 0.3) is 0 Å². The van der Waals surface area contributed by atoms with E-state index in [-0.39, 0.29) is 17.4 Å². The van der Waals surface area contributed by atoms with Gasteiger partial charge in [0, 0.05) is 19.6 Å². The number of nitrogens with one attached hydrogen (secondary N) is 1. The van der Waals surface area contributed by atoms with Crippen molar-refractivity contribution < 1.29 is 4.79 Å². The van der Waals surface area contributed by atoms with Gasteiger partial charge in [-0.1, -0.05) is 6.92 Å². The molecule has 1 amide bonds. The van der Waals surface area contributed by atoms with Crippen molar-refractivity contribution in [2.24, 2.45) is 5.41 Å². The number of hydrogen-bond donors (Lipinski definition) is 1. The van der Waals surface area contributed by atoms with E-state index in [1.807, 2.05) is 25.7 Å². The van der Waals surface area contributed by atoms with Crippen molar-refractivity contribution in [2.75, 3.05) is 19.6 Å². The predicted octanol–water partition coefficient (Wildman–Crippen LogP) is 1.14. The number of nitriles is 1. The predicted molar refractivity (Wildman–Crippen MR) is 62.7 cm³/mol. The Bertz CT molecular complexity index is 293. The molecule has 4 nitrogen and oxygen atoms in total. The van der Waals surface area contributed by atoms with Crippen LogP contribution >= 0.6 is 0 Å². The minimum absolute atomic E-state index is 0.0288. The summed E-state index contributed by atoms with van der Waals surface area (Å²) in [5.74, 6) is 0.183. The van der Waals surface area contributed by atoms with Crippen LogP contribution < -0.4 is 5.32 Å². The smallest absolute Gasteiger partial charge is 0.239 e. The first-order valence-electron chi connectivity index (χ1n) is 5.93. The molecule has 1 unspecified atom stereocenters. The lowest BCUT2D eigenvalue weighted by molar-refractivity contribution is -0.135. The second-order valence-corrected chi connectivity index (χ2v) is 4.99. The molecule has 0 radical (unpaired) electrons. The maximum absolute atomic E-state index is 11.9. The van der Waals surface area contributed by atoms with E-state index in [1.54, 1.807) is 0 Å². The third-order valence-corrected chi connectivity index (χ3v) is 3.10. The molecule has 4 heteroatoms. The Labute approximate surface area is 97.6 Å². The highest BCUT2D eigenvalue weighted by molar-refractivity contribution is 5.82. The number of rotatable bonds is 4. The Morgan fingerprint density at radius 3 is 2.88 bits per heavy atom. The molecule has 1 rings (SSSR count). The zero-order chi connectivity index (χ0) is 12.2. The van der Waals surface area contributed by atoms with E-state index in [1.165, 1.54) is 0 Å². The van der Waals surface area contributed by atoms with Gasteiger partial charge in [0.25, 0.3) is 0 Å². The Morgan fingerprint density at radius 1 is 1.62 bits per heavy atom. The Balaban J connectivity index is 2.49. The highest BCUT2D eigenvalue weighted by atomic mass is 16.2. The average Bonchev–Trinajstić information content (AvgIpc) is 2.28. The number of hydrogen-bond acceptors (Lipinski definition) is 3. The van der Waals surface area contributed by atoms with Crippen LogP contribution in [-0.4, -0.2) is 36.5 Å². The third-order valence-electron chi connectivity index (χ3n) is 3.10. The van der Waals surface area contributed by atoms with Gasteiger partial charge in [-0.15, -0.1) is 0 Å². The minimum Gasteiger partial charge on any atom is -0.340 e. The summed E-state index contributed by atoms with van der Waals surface area (Å²) in [6.07, 6.45) is 1.57. The van der Waals surface area contributed by atoms with Crippen LogP contribution in [0.15, 0.2) is 0 Å². The molecular weight excluding hydrogens is 202 g/mol. The second kappa shape index (κ2) is 5.31. The molecule has 16 heavy (non-hydrogen) atoms. The average molecular weight is 223 g/mol. The fourth-order valence-corrected chi connectivity index (χ4v) is 1.80. The summed E-state index contributed by atoms with van der Waals surface area (Å²) in [6.45, 7) is 8.15. The molecule has 0 aromatic heterocycles. The van der Waals surface area contributed by atoms with Crippen molar-refractivity contribution in [1.29, 1.82) is 5.26 Å². The van der Waals surface area contributed by atoms with Gasteiger partial charge in [0.15, 0.2) is 0 Å². The normalized spacial score (nSPS) is 22.0. The van der Waals surface area contributed by atoms with Crippen molar-refractivity contribution in [1.82, 2.24) is 10.2 Å². The van der Waals surface area contributed by atoms with Gasteiger partial charge in [-0.3, -0.25) is 4.79 Å². The fourth-order valence-electron chi connectivity index (χ4n) is 1.80. The summed E-state index contributed by atoms with van der Waals surface area (Å²) in [5, 5.41) is 12.1. The monoisotopic (exact) mass is 223 g/mol. The molecular formula is C12H21N3O. The molecule has 0 spiro atoms. The zero-order valence-electron chi connectivity index (χ0n) is 10.4. The Morgan fingerprint density at radius 2 is 2.31 bits per heavy atom. The Hall–Kier alpha value is -1.08. The lowest BCUT2D eigenvalue weighted by Gasteiger charge is -2.34. The summed E-state index contributed by atoms with van der Waals surface area (Å²) in [4.78, 5) is 13.8. The van der Waals surface area contributed by atoms with Gasteiger partial charge in [-0.05, 0) is 26.7 Å². The van der Waals surface area contributed by atoms with Crippen molar-refractivity contribution in [2.45, 2.75) is 39.7 Å². The van der Waals surface area contributed by atoms with Gasteiger partial charge < -0.3 is 10.2 Å². The lowest BCUT2D eigenvalue weighted by atomic mass is 9.91. The van der Waals surface area contributed by atoms with Crippen molar-refractivity contribution >= 4 is 5.91 Å². The van der Waals surface area contributed by atoms with Gasteiger partial charge in [0.2, 0.25) is 5.91 Å².